The number of aromatic nitrogens is 2. The Balaban J connectivity index is 1.57. The molecule has 2 aromatic heterocycles. The molecule has 0 fully saturated rings. The van der Waals surface area contributed by atoms with Crippen LogP contribution in [-0.2, 0) is 12.8 Å². The van der Waals surface area contributed by atoms with E-state index in [1.807, 2.05) is 0 Å². The summed E-state index contributed by atoms with van der Waals surface area (Å²) in [5, 5.41) is 22.0. The van der Waals surface area contributed by atoms with Crippen LogP contribution in [0.3, 0.4) is 0 Å². The van der Waals surface area contributed by atoms with Crippen LogP contribution in [0.2, 0.25) is 0 Å². The van der Waals surface area contributed by atoms with E-state index in [9.17, 15) is 19.8 Å². The summed E-state index contributed by atoms with van der Waals surface area (Å²) in [5.41, 5.74) is 4.04. The molecule has 174 valence electrons. The molecule has 7 nitrogen and oxygen atoms in total. The number of thiazole rings is 1. The number of rotatable bonds is 6. The normalized spacial score (nSPS) is 16.9. The van der Waals surface area contributed by atoms with Gasteiger partial charge in [-0.3, -0.25) is 4.79 Å². The molecule has 1 amide bonds. The molecule has 2 atom stereocenters. The van der Waals surface area contributed by atoms with Crippen molar-refractivity contribution >= 4 is 33.6 Å². The number of hydrogen-bond acceptors (Lipinski definition) is 6. The molecule has 1 aromatic carbocycles. The van der Waals surface area contributed by atoms with Crippen molar-refractivity contribution in [2.45, 2.75) is 52.5 Å². The van der Waals surface area contributed by atoms with Gasteiger partial charge in [-0.05, 0) is 66.3 Å². The number of benzene rings is 1. The van der Waals surface area contributed by atoms with Crippen molar-refractivity contribution < 1.29 is 19.8 Å². The smallest absolute Gasteiger partial charge is 0.335 e. The molecular formula is C25H29N3O4S. The van der Waals surface area contributed by atoms with Gasteiger partial charge in [-0.2, -0.15) is 0 Å². The molecule has 0 radical (unpaired) electrons. The van der Waals surface area contributed by atoms with E-state index in [4.69, 9.17) is 4.98 Å². The summed E-state index contributed by atoms with van der Waals surface area (Å²) < 4.78 is 0. The molecule has 1 unspecified atom stereocenters. The molecule has 1 aliphatic rings. The second-order valence-electron chi connectivity index (χ2n) is 9.71. The van der Waals surface area contributed by atoms with E-state index in [1.165, 1.54) is 29.0 Å². The Hall–Kier alpha value is -2.84. The van der Waals surface area contributed by atoms with Gasteiger partial charge in [0.25, 0.3) is 5.91 Å². The topological polar surface area (TPSA) is 112 Å². The first kappa shape index (κ1) is 23.3. The number of carboxylic acid groups (broad SMARTS) is 1. The Morgan fingerprint density at radius 1 is 1.24 bits per heavy atom. The number of amides is 1. The summed E-state index contributed by atoms with van der Waals surface area (Å²) in [6.07, 6.45) is 3.28. The highest BCUT2D eigenvalue weighted by atomic mass is 32.1. The van der Waals surface area contributed by atoms with E-state index >= 15 is 0 Å². The number of aliphatic hydroxyl groups is 1. The van der Waals surface area contributed by atoms with Gasteiger partial charge in [-0.1, -0.05) is 44.2 Å². The van der Waals surface area contributed by atoms with Crippen molar-refractivity contribution in [2.75, 3.05) is 6.61 Å². The number of carbonyl (C=O) groups excluding carboxylic acids is 1. The largest absolute Gasteiger partial charge is 0.478 e. The molecule has 0 bridgehead atoms. The standard InChI is InChI=1S/C25H29N3O4S/c1-25(2,3)17-7-8-18-16(12-17)13-20-22(27-18)33-23(28-20)21(30)26-19(9-10-29)14-5-4-6-15(11-14)24(31)32/h4-6,11,13,17,19,29H,7-10,12H2,1-3H3,(H,26,30)(H,31,32)/t17-,19?/m0/s1. The fourth-order valence-corrected chi connectivity index (χ4v) is 5.25. The van der Waals surface area contributed by atoms with Gasteiger partial charge in [0.2, 0.25) is 0 Å². The lowest BCUT2D eigenvalue weighted by molar-refractivity contribution is 0.0696. The van der Waals surface area contributed by atoms with Crippen molar-refractivity contribution in [3.63, 3.8) is 0 Å². The Morgan fingerprint density at radius 3 is 2.73 bits per heavy atom. The van der Waals surface area contributed by atoms with Gasteiger partial charge in [-0.15, -0.1) is 0 Å². The number of nitrogens with zero attached hydrogens (tertiary/aromatic N) is 2. The highest BCUT2D eigenvalue weighted by Gasteiger charge is 2.30. The van der Waals surface area contributed by atoms with Crippen LogP contribution < -0.4 is 5.32 Å². The molecular weight excluding hydrogens is 438 g/mol. The van der Waals surface area contributed by atoms with Gasteiger partial charge >= 0.3 is 5.97 Å². The maximum absolute atomic E-state index is 13.0. The summed E-state index contributed by atoms with van der Waals surface area (Å²) in [5.74, 6) is -0.810. The first-order chi connectivity index (χ1) is 15.7. The molecule has 0 saturated carbocycles. The summed E-state index contributed by atoms with van der Waals surface area (Å²) >= 11 is 1.26. The predicted octanol–water partition coefficient (Wildman–Crippen LogP) is 4.39. The van der Waals surface area contributed by atoms with Gasteiger partial charge in [-0.25, -0.2) is 14.8 Å². The highest BCUT2D eigenvalue weighted by Crippen LogP contribution is 2.38. The second-order valence-corrected chi connectivity index (χ2v) is 10.7. The van der Waals surface area contributed by atoms with E-state index < -0.39 is 12.0 Å². The average Bonchev–Trinajstić information content (AvgIpc) is 3.19. The van der Waals surface area contributed by atoms with Crippen LogP contribution in [-0.4, -0.2) is 38.7 Å². The quantitative estimate of drug-likeness (QED) is 0.496. The predicted molar refractivity (Wildman–Crippen MR) is 128 cm³/mol. The Kier molecular flexibility index (Phi) is 6.50. The lowest BCUT2D eigenvalue weighted by Gasteiger charge is -2.34. The lowest BCUT2D eigenvalue weighted by Crippen LogP contribution is -2.29. The van der Waals surface area contributed by atoms with Crippen LogP contribution in [0.4, 0.5) is 0 Å². The fourth-order valence-electron chi connectivity index (χ4n) is 4.41. The zero-order valence-electron chi connectivity index (χ0n) is 19.1. The Morgan fingerprint density at radius 2 is 2.03 bits per heavy atom. The first-order valence-electron chi connectivity index (χ1n) is 11.2. The molecule has 8 heteroatoms. The molecule has 0 spiro atoms. The lowest BCUT2D eigenvalue weighted by atomic mass is 9.71. The molecule has 0 saturated heterocycles. The summed E-state index contributed by atoms with van der Waals surface area (Å²) in [6.45, 7) is 6.67. The number of aryl methyl sites for hydroxylation is 1. The number of carboxylic acids is 1. The average molecular weight is 468 g/mol. The molecule has 4 rings (SSSR count). The van der Waals surface area contributed by atoms with Crippen LogP contribution >= 0.6 is 11.3 Å². The summed E-state index contributed by atoms with van der Waals surface area (Å²) in [6, 6.07) is 7.93. The number of carbonyl (C=O) groups is 2. The van der Waals surface area contributed by atoms with Gasteiger partial charge in [0, 0.05) is 12.3 Å². The van der Waals surface area contributed by atoms with E-state index in [-0.39, 0.29) is 29.9 Å². The van der Waals surface area contributed by atoms with Gasteiger partial charge in [0.15, 0.2) is 5.01 Å². The fraction of sp³-hybridized carbons (Fsp3) is 0.440. The van der Waals surface area contributed by atoms with Crippen molar-refractivity contribution in [1.29, 1.82) is 0 Å². The Labute approximate surface area is 196 Å². The van der Waals surface area contributed by atoms with Crippen molar-refractivity contribution in [3.05, 3.63) is 57.7 Å². The van der Waals surface area contributed by atoms with Crippen molar-refractivity contribution in [2.24, 2.45) is 11.3 Å². The number of hydrogen-bond donors (Lipinski definition) is 3. The zero-order valence-corrected chi connectivity index (χ0v) is 19.9. The van der Waals surface area contributed by atoms with Crippen LogP contribution in [0.15, 0.2) is 30.3 Å². The number of pyridine rings is 1. The van der Waals surface area contributed by atoms with Crippen molar-refractivity contribution in [1.82, 2.24) is 15.3 Å². The van der Waals surface area contributed by atoms with Gasteiger partial charge < -0.3 is 15.5 Å². The van der Waals surface area contributed by atoms with E-state index in [2.05, 4.69) is 37.1 Å². The van der Waals surface area contributed by atoms with Gasteiger partial charge in [0.05, 0.1) is 11.6 Å². The van der Waals surface area contributed by atoms with E-state index in [0.717, 1.165) is 35.3 Å². The van der Waals surface area contributed by atoms with Crippen LogP contribution in [0.25, 0.3) is 10.3 Å². The minimum atomic E-state index is -1.04. The maximum atomic E-state index is 13.0. The van der Waals surface area contributed by atoms with E-state index in [0.29, 0.717) is 16.5 Å². The number of fused-ring (bicyclic) bond motifs is 2. The monoisotopic (exact) mass is 467 g/mol. The molecule has 3 N–H and O–H groups in total. The third-order valence-corrected chi connectivity index (χ3v) is 7.39. The van der Waals surface area contributed by atoms with Crippen LogP contribution in [0.5, 0.6) is 0 Å². The number of aliphatic hydroxyl groups excluding tert-OH is 1. The first-order valence-corrected chi connectivity index (χ1v) is 12.0. The molecule has 1 aliphatic carbocycles. The van der Waals surface area contributed by atoms with Crippen molar-refractivity contribution in [3.8, 4) is 0 Å². The van der Waals surface area contributed by atoms with Crippen LogP contribution in [0.1, 0.15) is 76.6 Å². The minimum absolute atomic E-state index is 0.132. The third kappa shape index (κ3) is 5.07. The van der Waals surface area contributed by atoms with Crippen LogP contribution in [0, 0.1) is 11.3 Å². The minimum Gasteiger partial charge on any atom is -0.478 e. The van der Waals surface area contributed by atoms with E-state index in [1.54, 1.807) is 12.1 Å². The Bertz CT molecular complexity index is 1200. The number of aromatic carboxylic acids is 1. The highest BCUT2D eigenvalue weighted by molar-refractivity contribution is 7.19. The SMILES string of the molecule is CC(C)(C)[C@H]1CCc2nc3sc(C(=O)NC(CCO)c4cccc(C(=O)O)c4)nc3cc2C1. The summed E-state index contributed by atoms with van der Waals surface area (Å²) in [7, 11) is 0. The zero-order chi connectivity index (χ0) is 23.8. The third-order valence-electron chi connectivity index (χ3n) is 6.43. The number of nitrogens with one attached hydrogen (secondary N) is 1. The molecule has 2 heterocycles. The maximum Gasteiger partial charge on any atom is 0.335 e. The molecule has 3 aromatic rings. The molecule has 33 heavy (non-hydrogen) atoms. The molecule has 0 aliphatic heterocycles. The second kappa shape index (κ2) is 9.19. The summed E-state index contributed by atoms with van der Waals surface area (Å²) in [4.78, 5) is 34.4. The van der Waals surface area contributed by atoms with Gasteiger partial charge in [0.1, 0.15) is 10.3 Å².